The second kappa shape index (κ2) is 8.83. The molecule has 24 heavy (non-hydrogen) atoms. The Morgan fingerprint density at radius 3 is 2.42 bits per heavy atom. The zero-order chi connectivity index (χ0) is 17.4. The first-order valence-corrected chi connectivity index (χ1v) is 8.73. The number of hydrogen-bond donors (Lipinski definition) is 2. The van der Waals surface area contributed by atoms with Crippen molar-refractivity contribution in [2.75, 3.05) is 19.0 Å². The van der Waals surface area contributed by atoms with Crippen molar-refractivity contribution in [1.82, 2.24) is 0 Å². The first kappa shape index (κ1) is 18.5. The fraction of sp³-hybridized carbons (Fsp3) is 0.579. The molecule has 0 aromatic heterocycles. The highest BCUT2D eigenvalue weighted by atomic mass is 16.5. The molecular formula is C19H28N2O3. The number of amides is 1. The molecule has 0 radical (unpaired) electrons. The van der Waals surface area contributed by atoms with E-state index in [1.54, 1.807) is 0 Å². The van der Waals surface area contributed by atoms with Crippen molar-refractivity contribution >= 4 is 17.6 Å². The Bertz CT molecular complexity index is 548. The van der Waals surface area contributed by atoms with Gasteiger partial charge in [0.1, 0.15) is 0 Å². The predicted molar refractivity (Wildman–Crippen MR) is 94.6 cm³/mol. The van der Waals surface area contributed by atoms with Gasteiger partial charge in [-0.3, -0.25) is 9.59 Å². The lowest BCUT2D eigenvalue weighted by Crippen LogP contribution is -2.36. The third-order valence-electron chi connectivity index (χ3n) is 4.97. The molecule has 2 rings (SSSR count). The average Bonchev–Trinajstić information content (AvgIpc) is 2.61. The number of nitrogens with one attached hydrogen (secondary N) is 1. The van der Waals surface area contributed by atoms with E-state index in [0.717, 1.165) is 24.1 Å². The maximum Gasteiger partial charge on any atom is 0.305 e. The van der Waals surface area contributed by atoms with Crippen molar-refractivity contribution in [1.29, 1.82) is 0 Å². The molecule has 132 valence electrons. The largest absolute Gasteiger partial charge is 0.469 e. The molecule has 0 spiro atoms. The lowest BCUT2D eigenvalue weighted by Gasteiger charge is -2.35. The van der Waals surface area contributed by atoms with Crippen LogP contribution in [-0.4, -0.2) is 25.5 Å². The van der Waals surface area contributed by atoms with Crippen LogP contribution in [0.1, 0.15) is 50.5 Å². The summed E-state index contributed by atoms with van der Waals surface area (Å²) in [5.74, 6) is -0.184. The van der Waals surface area contributed by atoms with Gasteiger partial charge >= 0.3 is 5.97 Å². The first-order chi connectivity index (χ1) is 11.6. The van der Waals surface area contributed by atoms with Crippen LogP contribution in [0.3, 0.4) is 0 Å². The minimum absolute atomic E-state index is 0.0250. The van der Waals surface area contributed by atoms with E-state index in [1.165, 1.54) is 26.4 Å². The highest BCUT2D eigenvalue weighted by Gasteiger charge is 2.32. The van der Waals surface area contributed by atoms with Crippen LogP contribution >= 0.6 is 0 Å². The molecule has 1 fully saturated rings. The van der Waals surface area contributed by atoms with Crippen LogP contribution in [0.5, 0.6) is 0 Å². The van der Waals surface area contributed by atoms with Crippen LogP contribution in [0, 0.1) is 5.41 Å². The molecule has 1 aliphatic rings. The van der Waals surface area contributed by atoms with Crippen molar-refractivity contribution in [3.63, 3.8) is 0 Å². The van der Waals surface area contributed by atoms with E-state index < -0.39 is 0 Å². The van der Waals surface area contributed by atoms with Crippen LogP contribution in [0.2, 0.25) is 0 Å². The molecule has 5 nitrogen and oxygen atoms in total. The third-order valence-corrected chi connectivity index (χ3v) is 4.97. The Kier molecular flexibility index (Phi) is 6.79. The smallest absolute Gasteiger partial charge is 0.305 e. The predicted octanol–water partition coefficient (Wildman–Crippen LogP) is 3.03. The summed E-state index contributed by atoms with van der Waals surface area (Å²) in [6.45, 7) is 0.576. The van der Waals surface area contributed by atoms with E-state index >= 15 is 0 Å². The molecule has 3 N–H and O–H groups in total. The van der Waals surface area contributed by atoms with Gasteiger partial charge in [-0.25, -0.2) is 0 Å². The zero-order valence-electron chi connectivity index (χ0n) is 14.5. The Morgan fingerprint density at radius 2 is 1.83 bits per heavy atom. The van der Waals surface area contributed by atoms with Gasteiger partial charge in [-0.1, -0.05) is 31.4 Å². The zero-order valence-corrected chi connectivity index (χ0v) is 14.5. The first-order valence-electron chi connectivity index (χ1n) is 8.73. The summed E-state index contributed by atoms with van der Waals surface area (Å²) in [7, 11) is 1.39. The number of rotatable bonds is 7. The topological polar surface area (TPSA) is 81.4 Å². The molecule has 0 atom stereocenters. The Morgan fingerprint density at radius 1 is 1.17 bits per heavy atom. The van der Waals surface area contributed by atoms with Crippen LogP contribution in [0.25, 0.3) is 0 Å². The summed E-state index contributed by atoms with van der Waals surface area (Å²) in [6, 6.07) is 7.61. The van der Waals surface area contributed by atoms with Crippen molar-refractivity contribution in [3.05, 3.63) is 29.8 Å². The summed E-state index contributed by atoms with van der Waals surface area (Å²) in [5.41, 5.74) is 7.75. The number of aryl methyl sites for hydroxylation is 1. The van der Waals surface area contributed by atoms with Crippen LogP contribution in [0.4, 0.5) is 5.69 Å². The lowest BCUT2D eigenvalue weighted by molar-refractivity contribution is -0.140. The maximum absolute atomic E-state index is 12.4. The summed E-state index contributed by atoms with van der Waals surface area (Å²) >= 11 is 0. The normalized spacial score (nSPS) is 16.4. The Balaban J connectivity index is 1.86. The second-order valence-corrected chi connectivity index (χ2v) is 6.76. The molecule has 0 bridgehead atoms. The molecule has 0 aliphatic heterocycles. The molecule has 5 heteroatoms. The summed E-state index contributed by atoms with van der Waals surface area (Å²) in [5, 5.41) is 2.97. The molecule has 1 aliphatic carbocycles. The Hall–Kier alpha value is -1.88. The second-order valence-electron chi connectivity index (χ2n) is 6.76. The average molecular weight is 332 g/mol. The van der Waals surface area contributed by atoms with Gasteiger partial charge in [0.2, 0.25) is 5.91 Å². The molecule has 0 saturated heterocycles. The van der Waals surface area contributed by atoms with Crippen molar-refractivity contribution in [2.24, 2.45) is 11.1 Å². The van der Waals surface area contributed by atoms with E-state index in [1.807, 2.05) is 24.3 Å². The molecule has 1 amide bonds. The Labute approximate surface area is 143 Å². The van der Waals surface area contributed by atoms with Crippen molar-refractivity contribution in [2.45, 2.75) is 51.4 Å². The quantitative estimate of drug-likeness (QED) is 0.752. The van der Waals surface area contributed by atoms with Crippen molar-refractivity contribution < 1.29 is 14.3 Å². The minimum Gasteiger partial charge on any atom is -0.469 e. The SMILES string of the molecule is COC(=O)CCc1ccc(NC(=O)CC2(CN)CCCCC2)cc1. The monoisotopic (exact) mass is 332 g/mol. The minimum atomic E-state index is -0.216. The summed E-state index contributed by atoms with van der Waals surface area (Å²) in [6.07, 6.45) is 7.16. The van der Waals surface area contributed by atoms with E-state index in [0.29, 0.717) is 25.8 Å². The van der Waals surface area contributed by atoms with E-state index in [9.17, 15) is 9.59 Å². The van der Waals surface area contributed by atoms with Gasteiger partial charge in [0.25, 0.3) is 0 Å². The fourth-order valence-corrected chi connectivity index (χ4v) is 3.40. The van der Waals surface area contributed by atoms with Gasteiger partial charge in [0.15, 0.2) is 0 Å². The van der Waals surface area contributed by atoms with Gasteiger partial charge in [0.05, 0.1) is 7.11 Å². The summed E-state index contributed by atoms with van der Waals surface area (Å²) < 4.78 is 4.63. The molecule has 0 unspecified atom stereocenters. The van der Waals surface area contributed by atoms with Gasteiger partial charge in [-0.05, 0) is 48.9 Å². The number of methoxy groups -OCH3 is 1. The number of ether oxygens (including phenoxy) is 1. The van der Waals surface area contributed by atoms with Crippen LogP contribution < -0.4 is 11.1 Å². The van der Waals surface area contributed by atoms with Gasteiger partial charge < -0.3 is 15.8 Å². The highest BCUT2D eigenvalue weighted by molar-refractivity contribution is 5.91. The molecule has 1 saturated carbocycles. The van der Waals surface area contributed by atoms with Gasteiger partial charge in [-0.15, -0.1) is 0 Å². The van der Waals surface area contributed by atoms with E-state index in [4.69, 9.17) is 5.73 Å². The van der Waals surface area contributed by atoms with E-state index in [-0.39, 0.29) is 17.3 Å². The van der Waals surface area contributed by atoms with Crippen LogP contribution in [0.15, 0.2) is 24.3 Å². The molecule has 1 aromatic carbocycles. The molecule has 1 aromatic rings. The number of nitrogens with two attached hydrogens (primary N) is 1. The van der Waals surface area contributed by atoms with E-state index in [2.05, 4.69) is 10.1 Å². The molecular weight excluding hydrogens is 304 g/mol. The number of carbonyl (C=O) groups excluding carboxylic acids is 2. The van der Waals surface area contributed by atoms with Crippen LogP contribution in [-0.2, 0) is 20.7 Å². The standard InChI is InChI=1S/C19H28N2O3/c1-24-18(23)10-7-15-5-8-16(9-6-15)21-17(22)13-19(14-20)11-3-2-4-12-19/h5-6,8-9H,2-4,7,10-14,20H2,1H3,(H,21,22). The lowest BCUT2D eigenvalue weighted by atomic mass is 9.71. The summed E-state index contributed by atoms with van der Waals surface area (Å²) in [4.78, 5) is 23.5. The van der Waals surface area contributed by atoms with Gasteiger partial charge in [-0.2, -0.15) is 0 Å². The number of hydrogen-bond acceptors (Lipinski definition) is 4. The fourth-order valence-electron chi connectivity index (χ4n) is 3.40. The number of benzene rings is 1. The van der Waals surface area contributed by atoms with Gasteiger partial charge in [0, 0.05) is 18.5 Å². The third kappa shape index (κ3) is 5.34. The highest BCUT2D eigenvalue weighted by Crippen LogP contribution is 2.38. The van der Waals surface area contributed by atoms with Crippen molar-refractivity contribution in [3.8, 4) is 0 Å². The molecule has 0 heterocycles. The number of esters is 1. The number of carbonyl (C=O) groups is 2. The number of anilines is 1. The maximum atomic E-state index is 12.4.